The van der Waals surface area contributed by atoms with E-state index in [-0.39, 0.29) is 5.41 Å². The van der Waals surface area contributed by atoms with Gasteiger partial charge in [-0.05, 0) is 29.7 Å². The van der Waals surface area contributed by atoms with Crippen LogP contribution in [0.1, 0.15) is 38.3 Å². The predicted octanol–water partition coefficient (Wildman–Crippen LogP) is 2.55. The lowest BCUT2D eigenvalue weighted by Crippen LogP contribution is -2.43. The van der Waals surface area contributed by atoms with Crippen LogP contribution in [0.15, 0.2) is 30.3 Å². The number of carboxylic acid groups (broad SMARTS) is 1. The van der Waals surface area contributed by atoms with E-state index in [1.807, 2.05) is 6.07 Å². The summed E-state index contributed by atoms with van der Waals surface area (Å²) in [6.45, 7) is 4.89. The molecule has 3 N–H and O–H groups in total. The molecule has 1 atom stereocenters. The van der Waals surface area contributed by atoms with Gasteiger partial charge in [0.1, 0.15) is 0 Å². The first-order chi connectivity index (χ1) is 9.94. The molecule has 0 bridgehead atoms. The summed E-state index contributed by atoms with van der Waals surface area (Å²) in [6.07, 6.45) is 2.23. The van der Waals surface area contributed by atoms with Crippen molar-refractivity contribution >= 4 is 12.0 Å². The second-order valence-corrected chi connectivity index (χ2v) is 6.03. The van der Waals surface area contributed by atoms with Gasteiger partial charge in [0.15, 0.2) is 6.04 Å². The van der Waals surface area contributed by atoms with Crippen molar-refractivity contribution in [2.24, 2.45) is 11.3 Å². The number of carbonyl (C=O) groups is 2. The lowest BCUT2D eigenvalue weighted by Gasteiger charge is -2.21. The quantitative estimate of drug-likeness (QED) is 0.753. The highest BCUT2D eigenvalue weighted by atomic mass is 16.4. The van der Waals surface area contributed by atoms with E-state index in [9.17, 15) is 14.7 Å². The summed E-state index contributed by atoms with van der Waals surface area (Å²) in [5.41, 5.74) is 0.758. The van der Waals surface area contributed by atoms with Crippen LogP contribution in [0, 0.1) is 11.3 Å². The Labute approximate surface area is 124 Å². The first-order valence-corrected chi connectivity index (χ1v) is 7.27. The van der Waals surface area contributed by atoms with Crippen LogP contribution >= 0.6 is 0 Å². The van der Waals surface area contributed by atoms with Crippen molar-refractivity contribution in [3.8, 4) is 0 Å². The molecule has 0 radical (unpaired) electrons. The predicted molar refractivity (Wildman–Crippen MR) is 79.9 cm³/mol. The number of hydrogen-bond acceptors (Lipinski definition) is 2. The molecule has 2 amide bonds. The summed E-state index contributed by atoms with van der Waals surface area (Å²) >= 11 is 0. The van der Waals surface area contributed by atoms with E-state index in [1.165, 1.54) is 0 Å². The van der Waals surface area contributed by atoms with Crippen molar-refractivity contribution in [2.75, 3.05) is 6.54 Å². The molecule has 0 aliphatic heterocycles. The number of urea groups is 1. The van der Waals surface area contributed by atoms with Crippen LogP contribution in [0.25, 0.3) is 0 Å². The van der Waals surface area contributed by atoms with Gasteiger partial charge in [-0.1, -0.05) is 44.2 Å². The van der Waals surface area contributed by atoms with Crippen LogP contribution in [0.4, 0.5) is 4.79 Å². The van der Waals surface area contributed by atoms with E-state index in [4.69, 9.17) is 0 Å². The number of rotatable bonds is 6. The van der Waals surface area contributed by atoms with Gasteiger partial charge < -0.3 is 15.7 Å². The lowest BCUT2D eigenvalue weighted by atomic mass is 9.92. The first kappa shape index (κ1) is 15.4. The van der Waals surface area contributed by atoms with Crippen molar-refractivity contribution in [3.63, 3.8) is 0 Å². The Morgan fingerprint density at radius 1 is 1.24 bits per heavy atom. The largest absolute Gasteiger partial charge is 0.479 e. The van der Waals surface area contributed by atoms with Crippen LogP contribution in [0.2, 0.25) is 0 Å². The van der Waals surface area contributed by atoms with Gasteiger partial charge in [-0.2, -0.15) is 0 Å². The molecule has 1 aromatic carbocycles. The zero-order valence-electron chi connectivity index (χ0n) is 12.4. The third-order valence-electron chi connectivity index (χ3n) is 4.37. The second kappa shape index (κ2) is 6.16. The van der Waals surface area contributed by atoms with E-state index in [2.05, 4.69) is 24.5 Å². The van der Waals surface area contributed by atoms with Crippen molar-refractivity contribution in [1.82, 2.24) is 10.6 Å². The van der Waals surface area contributed by atoms with Crippen molar-refractivity contribution in [2.45, 2.75) is 32.7 Å². The summed E-state index contributed by atoms with van der Waals surface area (Å²) in [5, 5.41) is 14.6. The fourth-order valence-corrected chi connectivity index (χ4v) is 2.49. The minimum Gasteiger partial charge on any atom is -0.479 e. The molecule has 0 aromatic heterocycles. The summed E-state index contributed by atoms with van der Waals surface area (Å²) in [6, 6.07) is 7.23. The monoisotopic (exact) mass is 290 g/mol. The maximum atomic E-state index is 11.9. The Morgan fingerprint density at radius 3 is 2.33 bits per heavy atom. The molecule has 1 aliphatic carbocycles. The number of carbonyl (C=O) groups excluding carboxylic acids is 1. The highest BCUT2D eigenvalue weighted by molar-refractivity contribution is 5.83. The third-order valence-corrected chi connectivity index (χ3v) is 4.37. The van der Waals surface area contributed by atoms with E-state index >= 15 is 0 Å². The SMILES string of the molecule is CC(C)C1(CNC(=O)N[C@H](C(=O)O)c2ccccc2)CC1. The van der Waals surface area contributed by atoms with Gasteiger partial charge in [0, 0.05) is 6.54 Å². The summed E-state index contributed by atoms with van der Waals surface area (Å²) in [4.78, 5) is 23.3. The van der Waals surface area contributed by atoms with E-state index in [0.717, 1.165) is 12.8 Å². The van der Waals surface area contributed by atoms with Crippen LogP contribution < -0.4 is 10.6 Å². The van der Waals surface area contributed by atoms with Gasteiger partial charge in [-0.15, -0.1) is 0 Å². The molecule has 1 saturated carbocycles. The summed E-state index contributed by atoms with van der Waals surface area (Å²) in [5.74, 6) is -0.552. The van der Waals surface area contributed by atoms with Crippen LogP contribution in [0.5, 0.6) is 0 Å². The number of aliphatic carboxylic acids is 1. The van der Waals surface area contributed by atoms with Crippen LogP contribution in [-0.2, 0) is 4.79 Å². The second-order valence-electron chi connectivity index (χ2n) is 6.03. The van der Waals surface area contributed by atoms with Gasteiger partial charge in [0.2, 0.25) is 0 Å². The number of carboxylic acids is 1. The van der Waals surface area contributed by atoms with Crippen LogP contribution in [-0.4, -0.2) is 23.7 Å². The molecule has 2 rings (SSSR count). The molecular formula is C16H22N2O3. The Morgan fingerprint density at radius 2 is 1.86 bits per heavy atom. The first-order valence-electron chi connectivity index (χ1n) is 7.27. The maximum Gasteiger partial charge on any atom is 0.330 e. The number of amides is 2. The minimum absolute atomic E-state index is 0.197. The average molecular weight is 290 g/mol. The molecule has 5 heteroatoms. The van der Waals surface area contributed by atoms with Gasteiger partial charge in [-0.3, -0.25) is 0 Å². The van der Waals surface area contributed by atoms with Crippen molar-refractivity contribution in [1.29, 1.82) is 0 Å². The highest BCUT2D eigenvalue weighted by Crippen LogP contribution is 2.51. The standard InChI is InChI=1S/C16H22N2O3/c1-11(2)16(8-9-16)10-17-15(21)18-13(14(19)20)12-6-4-3-5-7-12/h3-7,11,13H,8-10H2,1-2H3,(H,19,20)(H2,17,18,21)/t13-/m0/s1. The fourth-order valence-electron chi connectivity index (χ4n) is 2.49. The number of benzene rings is 1. The van der Waals surface area contributed by atoms with Gasteiger partial charge in [-0.25, -0.2) is 9.59 Å². The molecule has 5 nitrogen and oxygen atoms in total. The third kappa shape index (κ3) is 3.74. The van der Waals surface area contributed by atoms with Gasteiger partial charge >= 0.3 is 12.0 Å². The Hall–Kier alpha value is -2.04. The van der Waals surface area contributed by atoms with Gasteiger partial charge in [0.25, 0.3) is 0 Å². The van der Waals surface area contributed by atoms with Crippen molar-refractivity contribution < 1.29 is 14.7 Å². The Balaban J connectivity index is 1.92. The minimum atomic E-state index is -1.07. The number of nitrogens with one attached hydrogen (secondary N) is 2. The molecule has 114 valence electrons. The zero-order chi connectivity index (χ0) is 15.5. The normalized spacial score (nSPS) is 17.1. The van der Waals surface area contributed by atoms with E-state index < -0.39 is 18.0 Å². The Bertz CT molecular complexity index is 510. The van der Waals surface area contributed by atoms with E-state index in [0.29, 0.717) is 18.0 Å². The highest BCUT2D eigenvalue weighted by Gasteiger charge is 2.45. The maximum absolute atomic E-state index is 11.9. The average Bonchev–Trinajstić information content (AvgIpc) is 3.24. The lowest BCUT2D eigenvalue weighted by molar-refractivity contribution is -0.139. The summed E-state index contributed by atoms with van der Waals surface area (Å²) < 4.78 is 0. The van der Waals surface area contributed by atoms with Gasteiger partial charge in [0.05, 0.1) is 0 Å². The van der Waals surface area contributed by atoms with Crippen LogP contribution in [0.3, 0.4) is 0 Å². The zero-order valence-corrected chi connectivity index (χ0v) is 12.4. The van der Waals surface area contributed by atoms with E-state index in [1.54, 1.807) is 24.3 Å². The summed E-state index contributed by atoms with van der Waals surface area (Å²) in [7, 11) is 0. The molecule has 1 aliphatic rings. The topological polar surface area (TPSA) is 78.4 Å². The molecule has 0 heterocycles. The molecular weight excluding hydrogens is 268 g/mol. The van der Waals surface area contributed by atoms with Crippen molar-refractivity contribution in [3.05, 3.63) is 35.9 Å². The molecule has 0 spiro atoms. The smallest absolute Gasteiger partial charge is 0.330 e. The fraction of sp³-hybridized carbons (Fsp3) is 0.500. The number of hydrogen-bond donors (Lipinski definition) is 3. The Kier molecular flexibility index (Phi) is 4.50. The molecule has 0 saturated heterocycles. The molecule has 1 aromatic rings. The molecule has 0 unspecified atom stereocenters. The molecule has 1 fully saturated rings. The molecule has 21 heavy (non-hydrogen) atoms.